The number of phenolic OH excluding ortho intramolecular Hbond substituents is 1. The lowest BCUT2D eigenvalue weighted by Crippen LogP contribution is -2.22. The van der Waals surface area contributed by atoms with Crippen molar-refractivity contribution in [1.29, 1.82) is 0 Å². The summed E-state index contributed by atoms with van der Waals surface area (Å²) >= 11 is 0. The molecule has 0 aliphatic rings. The fourth-order valence-electron chi connectivity index (χ4n) is 2.18. The van der Waals surface area contributed by atoms with Gasteiger partial charge in [-0.2, -0.15) is 0 Å². The van der Waals surface area contributed by atoms with Crippen molar-refractivity contribution in [1.82, 2.24) is 9.97 Å². The van der Waals surface area contributed by atoms with E-state index in [1.807, 2.05) is 0 Å². The van der Waals surface area contributed by atoms with Crippen LogP contribution in [0.25, 0.3) is 22.4 Å². The summed E-state index contributed by atoms with van der Waals surface area (Å²) in [5.74, 6) is 1.50. The fraction of sp³-hybridized carbons (Fsp3) is 0.133. The van der Waals surface area contributed by atoms with E-state index >= 15 is 0 Å². The standard InChI is InChI=1S/C15H15N5O3/c1-2-23-15(22)19-11-7-10-12(13(16)18-11)20-14(17-10)8-3-5-9(21)6-4-8/h3-7,21H,2H2,1H3,(H,17,20)(H3,16,18,19,22)/p+1. The smallest absolute Gasteiger partial charge is 0.473 e. The Morgan fingerprint density at radius 3 is 2.87 bits per heavy atom. The van der Waals surface area contributed by atoms with Crippen LogP contribution in [0.15, 0.2) is 30.3 Å². The second kappa shape index (κ2) is 5.84. The monoisotopic (exact) mass is 314 g/mol. The fourth-order valence-corrected chi connectivity index (χ4v) is 2.18. The van der Waals surface area contributed by atoms with Crippen LogP contribution in [0.2, 0.25) is 0 Å². The van der Waals surface area contributed by atoms with E-state index in [2.05, 4.69) is 20.3 Å². The predicted octanol–water partition coefficient (Wildman–Crippen LogP) is 1.90. The molecule has 2 aromatic heterocycles. The Balaban J connectivity index is 1.97. The van der Waals surface area contributed by atoms with Crippen LogP contribution in [0.1, 0.15) is 6.92 Å². The van der Waals surface area contributed by atoms with E-state index in [9.17, 15) is 9.90 Å². The highest BCUT2D eigenvalue weighted by Crippen LogP contribution is 2.24. The van der Waals surface area contributed by atoms with Crippen LogP contribution < -0.4 is 16.0 Å². The maximum atomic E-state index is 11.5. The van der Waals surface area contributed by atoms with Gasteiger partial charge in [0.1, 0.15) is 11.6 Å². The SMILES string of the molecule is CCOC(=O)Nc1cc2[nH]c(-c3ccc(O)cc3)nc2c(N)[nH+]1. The number of aromatic hydroxyl groups is 1. The van der Waals surface area contributed by atoms with E-state index in [1.54, 1.807) is 37.3 Å². The summed E-state index contributed by atoms with van der Waals surface area (Å²) in [5, 5.41) is 11.9. The first-order valence-electron chi connectivity index (χ1n) is 7.01. The number of imidazole rings is 1. The summed E-state index contributed by atoms with van der Waals surface area (Å²) in [6.45, 7) is 2.00. The maximum Gasteiger partial charge on any atom is 0.473 e. The number of aromatic amines is 2. The third-order valence-electron chi connectivity index (χ3n) is 3.20. The van der Waals surface area contributed by atoms with Gasteiger partial charge in [0.05, 0.1) is 12.1 Å². The molecule has 6 N–H and O–H groups in total. The number of ether oxygens (including phenoxy) is 1. The molecule has 0 saturated heterocycles. The molecule has 118 valence electrons. The Hall–Kier alpha value is -3.29. The molecule has 8 heteroatoms. The highest BCUT2D eigenvalue weighted by atomic mass is 16.5. The summed E-state index contributed by atoms with van der Waals surface area (Å²) < 4.78 is 4.82. The van der Waals surface area contributed by atoms with Gasteiger partial charge >= 0.3 is 6.09 Å². The number of fused-ring (bicyclic) bond motifs is 1. The molecule has 3 aromatic rings. The molecule has 0 saturated carbocycles. The van der Waals surface area contributed by atoms with Gasteiger partial charge in [0.25, 0.3) is 0 Å². The maximum absolute atomic E-state index is 11.5. The molecule has 3 rings (SSSR count). The number of nitrogen functional groups attached to an aromatic ring is 1. The van der Waals surface area contributed by atoms with E-state index < -0.39 is 6.09 Å². The van der Waals surface area contributed by atoms with Crippen LogP contribution in [0.5, 0.6) is 5.75 Å². The zero-order valence-electron chi connectivity index (χ0n) is 12.4. The molecule has 0 unspecified atom stereocenters. The number of nitrogens with two attached hydrogens (primary N) is 1. The van der Waals surface area contributed by atoms with Crippen molar-refractivity contribution in [3.8, 4) is 17.1 Å². The molecule has 0 aliphatic heterocycles. The van der Waals surface area contributed by atoms with Gasteiger partial charge in [-0.1, -0.05) is 0 Å². The van der Waals surface area contributed by atoms with Gasteiger partial charge in [-0.3, -0.25) is 0 Å². The van der Waals surface area contributed by atoms with Gasteiger partial charge in [-0.15, -0.1) is 0 Å². The number of carbonyl (C=O) groups is 1. The molecule has 0 fully saturated rings. The molecule has 0 atom stereocenters. The number of aromatic nitrogens is 3. The van der Waals surface area contributed by atoms with Crippen molar-refractivity contribution in [2.75, 3.05) is 17.7 Å². The van der Waals surface area contributed by atoms with E-state index in [0.29, 0.717) is 28.5 Å². The minimum atomic E-state index is -0.569. The largest absolute Gasteiger partial charge is 0.508 e. The second-order valence-corrected chi connectivity index (χ2v) is 4.84. The molecule has 0 bridgehead atoms. The van der Waals surface area contributed by atoms with E-state index in [4.69, 9.17) is 10.5 Å². The van der Waals surface area contributed by atoms with E-state index in [0.717, 1.165) is 5.56 Å². The molecule has 1 amide bonds. The van der Waals surface area contributed by atoms with Crippen molar-refractivity contribution in [3.63, 3.8) is 0 Å². The summed E-state index contributed by atoms with van der Waals surface area (Å²) in [4.78, 5) is 21.9. The number of benzene rings is 1. The molecule has 0 spiro atoms. The molecule has 8 nitrogen and oxygen atoms in total. The first-order valence-corrected chi connectivity index (χ1v) is 7.01. The number of hydrogen-bond acceptors (Lipinski definition) is 5. The quantitative estimate of drug-likeness (QED) is 0.587. The zero-order valence-corrected chi connectivity index (χ0v) is 12.4. The highest BCUT2D eigenvalue weighted by molar-refractivity contribution is 5.90. The summed E-state index contributed by atoms with van der Waals surface area (Å²) in [6, 6.07) is 8.31. The molecule has 23 heavy (non-hydrogen) atoms. The number of nitrogens with one attached hydrogen (secondary N) is 3. The number of anilines is 2. The molecule has 1 aromatic carbocycles. The van der Waals surface area contributed by atoms with Crippen LogP contribution in [-0.2, 0) is 4.74 Å². The van der Waals surface area contributed by atoms with E-state index in [-0.39, 0.29) is 12.4 Å². The zero-order chi connectivity index (χ0) is 16.4. The number of nitrogens with zero attached hydrogens (tertiary/aromatic N) is 1. The van der Waals surface area contributed by atoms with Crippen molar-refractivity contribution >= 4 is 28.8 Å². The number of pyridine rings is 1. The second-order valence-electron chi connectivity index (χ2n) is 4.84. The van der Waals surface area contributed by atoms with Crippen LogP contribution in [0.4, 0.5) is 16.4 Å². The minimum absolute atomic E-state index is 0.179. The average Bonchev–Trinajstić information content (AvgIpc) is 2.92. The van der Waals surface area contributed by atoms with Gasteiger partial charge in [-0.05, 0) is 31.2 Å². The molecule has 2 heterocycles. The molecule has 0 aliphatic carbocycles. The highest BCUT2D eigenvalue weighted by Gasteiger charge is 2.15. The lowest BCUT2D eigenvalue weighted by molar-refractivity contribution is -0.341. The first-order chi connectivity index (χ1) is 11.1. The van der Waals surface area contributed by atoms with Gasteiger partial charge in [-0.25, -0.2) is 20.1 Å². The van der Waals surface area contributed by atoms with Crippen molar-refractivity contribution in [2.24, 2.45) is 0 Å². The van der Waals surface area contributed by atoms with Gasteiger partial charge < -0.3 is 20.6 Å². The van der Waals surface area contributed by atoms with Crippen LogP contribution in [0, 0.1) is 0 Å². The first kappa shape index (κ1) is 14.6. The number of H-pyrrole nitrogens is 2. The Kier molecular flexibility index (Phi) is 3.71. The normalized spacial score (nSPS) is 10.7. The number of carbonyl (C=O) groups excluding carboxylic acids is 1. The third-order valence-corrected chi connectivity index (χ3v) is 3.20. The number of hydrogen-bond donors (Lipinski definition) is 4. The number of rotatable bonds is 3. The molecule has 0 radical (unpaired) electrons. The van der Waals surface area contributed by atoms with Crippen LogP contribution in [-0.4, -0.2) is 27.8 Å². The van der Waals surface area contributed by atoms with Crippen LogP contribution >= 0.6 is 0 Å². The predicted molar refractivity (Wildman–Crippen MR) is 84.8 cm³/mol. The van der Waals surface area contributed by atoms with Crippen molar-refractivity contribution < 1.29 is 19.6 Å². The number of phenols is 1. The van der Waals surface area contributed by atoms with Gasteiger partial charge in [0, 0.05) is 11.6 Å². The van der Waals surface area contributed by atoms with Gasteiger partial charge in [0.15, 0.2) is 5.52 Å². The summed E-state index contributed by atoms with van der Waals surface area (Å²) in [6.07, 6.45) is -0.569. The number of amides is 1. The molecular formula is C15H16N5O3+. The Bertz CT molecular complexity index is 857. The third kappa shape index (κ3) is 3.00. The average molecular weight is 314 g/mol. The van der Waals surface area contributed by atoms with Gasteiger partial charge in [0.2, 0.25) is 11.6 Å². The summed E-state index contributed by atoms with van der Waals surface area (Å²) in [7, 11) is 0. The van der Waals surface area contributed by atoms with E-state index in [1.165, 1.54) is 0 Å². The summed E-state index contributed by atoms with van der Waals surface area (Å²) in [5.41, 5.74) is 7.98. The molecular weight excluding hydrogens is 298 g/mol. The topological polar surface area (TPSA) is 127 Å². The van der Waals surface area contributed by atoms with Crippen molar-refractivity contribution in [3.05, 3.63) is 30.3 Å². The Morgan fingerprint density at radius 1 is 1.43 bits per heavy atom. The lowest BCUT2D eigenvalue weighted by Gasteiger charge is -2.00. The van der Waals surface area contributed by atoms with Crippen molar-refractivity contribution in [2.45, 2.75) is 6.92 Å². The Morgan fingerprint density at radius 2 is 2.17 bits per heavy atom. The van der Waals surface area contributed by atoms with Crippen LogP contribution in [0.3, 0.4) is 0 Å². The Labute approximate surface area is 131 Å². The minimum Gasteiger partial charge on any atom is -0.508 e. The lowest BCUT2D eigenvalue weighted by atomic mass is 10.2.